The van der Waals surface area contributed by atoms with E-state index in [0.717, 1.165) is 42.2 Å². The molecule has 0 radical (unpaired) electrons. The monoisotopic (exact) mass is 401 g/mol. The second-order valence-electron chi connectivity index (χ2n) is 7.56. The zero-order valence-electron chi connectivity index (χ0n) is 17.8. The van der Waals surface area contributed by atoms with Crippen LogP contribution in [0.25, 0.3) is 11.0 Å². The van der Waals surface area contributed by atoms with Crippen LogP contribution in [-0.2, 0) is 16.1 Å². The molecule has 0 saturated carbocycles. The molecule has 2 heterocycles. The molecule has 3 rings (SSSR count). The molecule has 1 aliphatic rings. The maximum atomic E-state index is 11.9. The van der Waals surface area contributed by atoms with Gasteiger partial charge in [0.2, 0.25) is 5.91 Å². The highest BCUT2D eigenvalue weighted by atomic mass is 16.6. The number of nitrogens with zero attached hydrogens (tertiary/aromatic N) is 4. The van der Waals surface area contributed by atoms with Gasteiger partial charge in [0, 0.05) is 44.3 Å². The maximum Gasteiger partial charge on any atom is 0.409 e. The predicted octanol–water partition coefficient (Wildman–Crippen LogP) is 3.24. The number of nitrogens with one attached hydrogen (secondary N) is 1. The van der Waals surface area contributed by atoms with Gasteiger partial charge in [0.1, 0.15) is 5.82 Å². The fraction of sp³-hybridized carbons (Fsp3) is 0.571. The first-order chi connectivity index (χ1) is 13.9. The van der Waals surface area contributed by atoms with E-state index in [4.69, 9.17) is 9.72 Å². The van der Waals surface area contributed by atoms with E-state index in [0.29, 0.717) is 26.1 Å². The predicted molar refractivity (Wildman–Crippen MR) is 113 cm³/mol. The molecule has 0 aliphatic carbocycles. The van der Waals surface area contributed by atoms with Crippen LogP contribution in [0.5, 0.6) is 0 Å². The van der Waals surface area contributed by atoms with Gasteiger partial charge in [0.25, 0.3) is 0 Å². The first-order valence-electron chi connectivity index (χ1n) is 10.4. The van der Waals surface area contributed by atoms with E-state index < -0.39 is 0 Å². The lowest BCUT2D eigenvalue weighted by molar-refractivity contribution is -0.115. The van der Waals surface area contributed by atoms with Gasteiger partial charge in [-0.3, -0.25) is 9.69 Å². The molecular formula is C21H31N5O3. The molecule has 1 aromatic carbocycles. The zero-order valence-corrected chi connectivity index (χ0v) is 17.8. The Morgan fingerprint density at radius 1 is 1.17 bits per heavy atom. The van der Waals surface area contributed by atoms with Crippen LogP contribution in [0.2, 0.25) is 0 Å². The summed E-state index contributed by atoms with van der Waals surface area (Å²) >= 11 is 0. The minimum absolute atomic E-state index is 0.00710. The van der Waals surface area contributed by atoms with Gasteiger partial charge in [0.15, 0.2) is 0 Å². The summed E-state index contributed by atoms with van der Waals surface area (Å²) in [5, 5.41) is 2.90. The summed E-state index contributed by atoms with van der Waals surface area (Å²) in [6, 6.07) is 6.16. The van der Waals surface area contributed by atoms with Gasteiger partial charge < -0.3 is 19.5 Å². The Balaban J connectivity index is 1.75. The van der Waals surface area contributed by atoms with E-state index >= 15 is 0 Å². The molecule has 1 N–H and O–H groups in total. The van der Waals surface area contributed by atoms with Crippen molar-refractivity contribution in [1.82, 2.24) is 19.4 Å². The van der Waals surface area contributed by atoms with Crippen molar-refractivity contribution in [2.24, 2.45) is 0 Å². The third kappa shape index (κ3) is 4.87. The van der Waals surface area contributed by atoms with Crippen LogP contribution in [0, 0.1) is 0 Å². The minimum Gasteiger partial charge on any atom is -0.450 e. The molecule has 1 fully saturated rings. The van der Waals surface area contributed by atoms with E-state index in [1.165, 1.54) is 0 Å². The molecule has 0 unspecified atom stereocenters. The van der Waals surface area contributed by atoms with Crippen molar-refractivity contribution in [3.63, 3.8) is 0 Å². The van der Waals surface area contributed by atoms with Crippen LogP contribution in [0.1, 0.15) is 46.0 Å². The first-order valence-corrected chi connectivity index (χ1v) is 10.4. The van der Waals surface area contributed by atoms with Crippen LogP contribution < -0.4 is 5.32 Å². The van der Waals surface area contributed by atoms with Crippen molar-refractivity contribution >= 4 is 28.7 Å². The molecule has 0 spiro atoms. The van der Waals surface area contributed by atoms with Crippen LogP contribution in [0.4, 0.5) is 10.5 Å². The third-order valence-corrected chi connectivity index (χ3v) is 5.15. The van der Waals surface area contributed by atoms with E-state index in [9.17, 15) is 9.59 Å². The Hall–Kier alpha value is -2.61. The molecule has 29 heavy (non-hydrogen) atoms. The molecule has 1 aromatic heterocycles. The van der Waals surface area contributed by atoms with Crippen LogP contribution in [-0.4, -0.2) is 64.1 Å². The van der Waals surface area contributed by atoms with E-state index in [-0.39, 0.29) is 18.0 Å². The first kappa shape index (κ1) is 21.1. The van der Waals surface area contributed by atoms with Crippen molar-refractivity contribution < 1.29 is 14.3 Å². The van der Waals surface area contributed by atoms with Gasteiger partial charge >= 0.3 is 6.09 Å². The highest BCUT2D eigenvalue weighted by Gasteiger charge is 2.24. The largest absolute Gasteiger partial charge is 0.450 e. The quantitative estimate of drug-likeness (QED) is 0.804. The van der Waals surface area contributed by atoms with Crippen molar-refractivity contribution in [1.29, 1.82) is 0 Å². The smallest absolute Gasteiger partial charge is 0.409 e. The number of fused-ring (bicyclic) bond motifs is 1. The summed E-state index contributed by atoms with van der Waals surface area (Å²) in [4.78, 5) is 32.5. The van der Waals surface area contributed by atoms with Crippen molar-refractivity contribution in [2.75, 3.05) is 38.1 Å². The van der Waals surface area contributed by atoms with Crippen LogP contribution in [0.3, 0.4) is 0 Å². The molecule has 1 saturated heterocycles. The lowest BCUT2D eigenvalue weighted by Gasteiger charge is -2.34. The SMILES string of the molecule is CCOC(=O)N1CCN(Cc2nc3cc(NC(=O)CC)ccc3n2C(C)C)CC1. The van der Waals surface area contributed by atoms with Crippen molar-refractivity contribution in [2.45, 2.75) is 46.7 Å². The van der Waals surface area contributed by atoms with Gasteiger partial charge in [-0.25, -0.2) is 9.78 Å². The lowest BCUT2D eigenvalue weighted by Crippen LogP contribution is -2.48. The topological polar surface area (TPSA) is 79.7 Å². The molecule has 0 atom stereocenters. The number of rotatable bonds is 6. The second-order valence-corrected chi connectivity index (χ2v) is 7.56. The second kappa shape index (κ2) is 9.26. The van der Waals surface area contributed by atoms with Crippen molar-refractivity contribution in [3.8, 4) is 0 Å². The number of aromatic nitrogens is 2. The lowest BCUT2D eigenvalue weighted by atomic mass is 10.2. The summed E-state index contributed by atoms with van der Waals surface area (Å²) in [7, 11) is 0. The Bertz CT molecular complexity index is 869. The molecule has 2 aromatic rings. The number of amides is 2. The third-order valence-electron chi connectivity index (χ3n) is 5.15. The molecule has 0 bridgehead atoms. The van der Waals surface area contributed by atoms with Crippen molar-refractivity contribution in [3.05, 3.63) is 24.0 Å². The summed E-state index contributed by atoms with van der Waals surface area (Å²) in [6.07, 6.45) is 0.213. The molecule has 2 amide bonds. The molecule has 1 aliphatic heterocycles. The maximum absolute atomic E-state index is 11.9. The Morgan fingerprint density at radius 3 is 2.52 bits per heavy atom. The number of ether oxygens (including phenoxy) is 1. The molecule has 8 nitrogen and oxygen atoms in total. The van der Waals surface area contributed by atoms with Gasteiger partial charge in [0.05, 0.1) is 24.2 Å². The average Bonchev–Trinajstić information content (AvgIpc) is 3.05. The highest BCUT2D eigenvalue weighted by Crippen LogP contribution is 2.25. The summed E-state index contributed by atoms with van der Waals surface area (Å²) < 4.78 is 7.34. The van der Waals surface area contributed by atoms with E-state index in [1.54, 1.807) is 4.90 Å². The Kier molecular flexibility index (Phi) is 6.74. The van der Waals surface area contributed by atoms with Gasteiger partial charge in [-0.2, -0.15) is 0 Å². The number of anilines is 1. The molecule has 8 heteroatoms. The number of carbonyl (C=O) groups is 2. The summed E-state index contributed by atoms with van der Waals surface area (Å²) in [5.41, 5.74) is 2.72. The number of benzene rings is 1. The van der Waals surface area contributed by atoms with E-state index in [1.807, 2.05) is 32.0 Å². The van der Waals surface area contributed by atoms with E-state index in [2.05, 4.69) is 28.6 Å². The van der Waals surface area contributed by atoms with Gasteiger partial charge in [-0.05, 0) is 39.0 Å². The number of imidazole rings is 1. The van der Waals surface area contributed by atoms with Crippen LogP contribution >= 0.6 is 0 Å². The van der Waals surface area contributed by atoms with Gasteiger partial charge in [-0.1, -0.05) is 6.92 Å². The zero-order chi connectivity index (χ0) is 21.0. The normalized spacial score (nSPS) is 15.1. The fourth-order valence-corrected chi connectivity index (χ4v) is 3.67. The van der Waals surface area contributed by atoms with Crippen LogP contribution in [0.15, 0.2) is 18.2 Å². The minimum atomic E-state index is -0.233. The number of piperazine rings is 1. The Labute approximate surface area is 171 Å². The Morgan fingerprint density at radius 2 is 1.90 bits per heavy atom. The summed E-state index contributed by atoms with van der Waals surface area (Å²) in [6.45, 7) is 12.0. The molecule has 158 valence electrons. The standard InChI is InChI=1S/C21H31N5O3/c1-5-20(27)22-16-7-8-18-17(13-16)23-19(26(18)15(3)4)14-24-9-11-25(12-10-24)21(28)29-6-2/h7-8,13,15H,5-6,9-12,14H2,1-4H3,(H,22,27). The molecular weight excluding hydrogens is 370 g/mol. The number of carbonyl (C=O) groups excluding carboxylic acids is 2. The number of hydrogen-bond acceptors (Lipinski definition) is 5. The average molecular weight is 402 g/mol. The number of hydrogen-bond donors (Lipinski definition) is 1. The highest BCUT2D eigenvalue weighted by molar-refractivity contribution is 5.93. The van der Waals surface area contributed by atoms with Gasteiger partial charge in [-0.15, -0.1) is 0 Å². The fourth-order valence-electron chi connectivity index (χ4n) is 3.67. The summed E-state index contributed by atoms with van der Waals surface area (Å²) in [5.74, 6) is 0.992.